The molecule has 1 saturated heterocycles. The van der Waals surface area contributed by atoms with Crippen LogP contribution < -0.4 is 10.2 Å². The van der Waals surface area contributed by atoms with Gasteiger partial charge in [0.25, 0.3) is 17.5 Å². The second-order valence-electron chi connectivity index (χ2n) is 7.65. The average molecular weight is 461 g/mol. The number of nitro groups is 1. The number of carbonyl (C=O) groups is 2. The highest BCUT2D eigenvalue weighted by atomic mass is 35.5. The van der Waals surface area contributed by atoms with Gasteiger partial charge in [0.2, 0.25) is 0 Å². The molecule has 168 valence electrons. The van der Waals surface area contributed by atoms with Gasteiger partial charge in [0.05, 0.1) is 4.92 Å². The maximum atomic E-state index is 12.5. The second-order valence-corrected chi connectivity index (χ2v) is 8.12. The molecule has 2 amide bonds. The number of nitrogens with zero attached hydrogens (tertiary/aromatic N) is 3. The fraction of sp³-hybridized carbons (Fsp3) is 0.333. The molecule has 0 radical (unpaired) electrons. The summed E-state index contributed by atoms with van der Waals surface area (Å²) in [6, 6.07) is 8.21. The second kappa shape index (κ2) is 9.31. The van der Waals surface area contributed by atoms with Crippen LogP contribution in [0.2, 0.25) is 0 Å². The predicted octanol–water partition coefficient (Wildman–Crippen LogP) is 4.03. The molecule has 0 aliphatic carbocycles. The number of halogens is 1. The molecule has 3 rings (SSSR count). The number of β-lactam (4-membered cyclic amide) rings is 1. The van der Waals surface area contributed by atoms with Crippen molar-refractivity contribution in [1.29, 1.82) is 0 Å². The minimum atomic E-state index is -0.961. The molecule has 2 unspecified atom stereocenters. The van der Waals surface area contributed by atoms with Gasteiger partial charge in [0.15, 0.2) is 6.61 Å². The number of alkyl halides is 1. The van der Waals surface area contributed by atoms with Crippen LogP contribution >= 0.6 is 11.6 Å². The molecule has 2 aromatic carbocycles. The Hall–Kier alpha value is -3.53. The Kier molecular flexibility index (Phi) is 6.73. The number of nitroso groups, excluding NO2 is 1. The van der Waals surface area contributed by atoms with E-state index in [0.717, 1.165) is 5.01 Å². The smallest absolute Gasteiger partial charge is 0.276 e. The number of nitro benzene ring substituents is 1. The molecule has 11 heteroatoms. The summed E-state index contributed by atoms with van der Waals surface area (Å²) in [5.74, 6) is -0.694. The van der Waals surface area contributed by atoms with Gasteiger partial charge in [0.1, 0.15) is 22.9 Å². The van der Waals surface area contributed by atoms with Crippen molar-refractivity contribution in [3.63, 3.8) is 0 Å². The van der Waals surface area contributed by atoms with Crippen molar-refractivity contribution in [1.82, 2.24) is 10.4 Å². The molecule has 1 aliphatic heterocycles. The van der Waals surface area contributed by atoms with Crippen LogP contribution in [0, 0.1) is 21.9 Å². The van der Waals surface area contributed by atoms with Gasteiger partial charge in [-0.2, -0.15) is 0 Å². The van der Waals surface area contributed by atoms with Crippen LogP contribution in [-0.2, 0) is 9.59 Å². The third-order valence-electron chi connectivity index (χ3n) is 5.10. The van der Waals surface area contributed by atoms with E-state index in [1.54, 1.807) is 25.1 Å². The summed E-state index contributed by atoms with van der Waals surface area (Å²) in [5.41, 5.74) is 4.34. The average Bonchev–Trinajstić information content (AvgIpc) is 2.76. The summed E-state index contributed by atoms with van der Waals surface area (Å²) in [4.78, 5) is 46.1. The van der Waals surface area contributed by atoms with E-state index < -0.39 is 34.8 Å². The lowest BCUT2D eigenvalue weighted by Crippen LogP contribution is -2.63. The summed E-state index contributed by atoms with van der Waals surface area (Å²) in [6.45, 7) is 5.13. The molecule has 10 nitrogen and oxygen atoms in total. The minimum Gasteiger partial charge on any atom is -0.483 e. The summed E-state index contributed by atoms with van der Waals surface area (Å²) in [7, 11) is 0. The summed E-state index contributed by atoms with van der Waals surface area (Å²) >= 11 is 6.11. The number of non-ortho nitro benzene ring substituents is 1. The van der Waals surface area contributed by atoms with Gasteiger partial charge in [0, 0.05) is 12.1 Å². The predicted molar refractivity (Wildman–Crippen MR) is 117 cm³/mol. The van der Waals surface area contributed by atoms with E-state index in [0.29, 0.717) is 28.1 Å². The van der Waals surface area contributed by atoms with Crippen molar-refractivity contribution in [3.05, 3.63) is 68.1 Å². The van der Waals surface area contributed by atoms with Gasteiger partial charge in [-0.25, -0.2) is 5.01 Å². The monoisotopic (exact) mass is 460 g/mol. The van der Waals surface area contributed by atoms with Crippen LogP contribution in [0.15, 0.2) is 41.6 Å². The Morgan fingerprint density at radius 2 is 2.06 bits per heavy atom. The highest BCUT2D eigenvalue weighted by molar-refractivity contribution is 6.33. The Labute approximate surface area is 188 Å². The Balaban J connectivity index is 1.71. The largest absolute Gasteiger partial charge is 0.483 e. The lowest BCUT2D eigenvalue weighted by molar-refractivity contribution is -0.385. The number of carbonyl (C=O) groups excluding carboxylic acids is 2. The van der Waals surface area contributed by atoms with E-state index in [9.17, 15) is 24.6 Å². The van der Waals surface area contributed by atoms with E-state index in [-0.39, 0.29) is 11.6 Å². The summed E-state index contributed by atoms with van der Waals surface area (Å²) in [5, 5.41) is 14.1. The van der Waals surface area contributed by atoms with E-state index in [1.807, 2.05) is 13.8 Å². The normalized spacial score (nSPS) is 17.7. The molecule has 1 aliphatic rings. The van der Waals surface area contributed by atoms with Gasteiger partial charge in [-0.1, -0.05) is 26.0 Å². The Morgan fingerprint density at radius 3 is 2.69 bits per heavy atom. The van der Waals surface area contributed by atoms with Crippen LogP contribution in [0.5, 0.6) is 5.75 Å². The quantitative estimate of drug-likeness (QED) is 0.208. The first kappa shape index (κ1) is 23.1. The van der Waals surface area contributed by atoms with Crippen LogP contribution in [0.4, 0.5) is 11.4 Å². The Bertz CT molecular complexity index is 1090. The van der Waals surface area contributed by atoms with E-state index in [1.165, 1.54) is 18.2 Å². The molecule has 32 heavy (non-hydrogen) atoms. The van der Waals surface area contributed by atoms with E-state index in [4.69, 9.17) is 16.3 Å². The zero-order valence-corrected chi connectivity index (χ0v) is 18.3. The number of nitrogens with one attached hydrogen (secondary N) is 1. The first-order chi connectivity index (χ1) is 15.1. The molecule has 2 aromatic rings. The minimum absolute atomic E-state index is 0.0152. The number of aryl methyl sites for hydroxylation is 1. The molecule has 0 saturated carbocycles. The maximum absolute atomic E-state index is 12.5. The number of hydrazine groups is 1. The molecule has 2 atom stereocenters. The topological polar surface area (TPSA) is 131 Å². The summed E-state index contributed by atoms with van der Waals surface area (Å²) < 4.78 is 5.65. The van der Waals surface area contributed by atoms with Crippen molar-refractivity contribution >= 4 is 34.8 Å². The van der Waals surface area contributed by atoms with Gasteiger partial charge in [-0.15, -0.1) is 16.5 Å². The molecule has 1 fully saturated rings. The van der Waals surface area contributed by atoms with E-state index in [2.05, 4.69) is 10.6 Å². The lowest BCUT2D eigenvalue weighted by Gasteiger charge is -2.43. The van der Waals surface area contributed by atoms with Crippen molar-refractivity contribution in [2.45, 2.75) is 38.1 Å². The zero-order chi connectivity index (χ0) is 23.6. The third kappa shape index (κ3) is 4.54. The number of ether oxygens (including phenoxy) is 1. The van der Waals surface area contributed by atoms with E-state index >= 15 is 0 Å². The maximum Gasteiger partial charge on any atom is 0.276 e. The molecule has 1 heterocycles. The van der Waals surface area contributed by atoms with Gasteiger partial charge < -0.3 is 4.74 Å². The highest BCUT2D eigenvalue weighted by Gasteiger charge is 2.48. The molecular formula is C21H21ClN4O6. The number of amides is 2. The van der Waals surface area contributed by atoms with Crippen molar-refractivity contribution in [3.8, 4) is 5.75 Å². The molecule has 0 spiro atoms. The molecule has 0 aromatic heterocycles. The standard InChI is InChI=1S/C21H21ClN4O6/c1-11(2)15-9-16(24-29)12(3)7-17(15)32-10-18(27)23-25-20(19(22)21(25)28)13-5-4-6-14(8-13)26(30)31/h4-9,11,19-20H,10H2,1-3H3,(H,23,27). The number of hydrogen-bond donors (Lipinski definition) is 1. The van der Waals surface area contributed by atoms with Crippen molar-refractivity contribution in [2.75, 3.05) is 6.61 Å². The third-order valence-corrected chi connectivity index (χ3v) is 5.53. The van der Waals surface area contributed by atoms with Crippen molar-refractivity contribution < 1.29 is 19.2 Å². The fourth-order valence-electron chi connectivity index (χ4n) is 3.39. The summed E-state index contributed by atoms with van der Waals surface area (Å²) in [6.07, 6.45) is 0. The van der Waals surface area contributed by atoms with Gasteiger partial charge in [-0.3, -0.25) is 25.1 Å². The number of benzene rings is 2. The van der Waals surface area contributed by atoms with Crippen molar-refractivity contribution in [2.24, 2.45) is 5.18 Å². The molecule has 1 N–H and O–H groups in total. The van der Waals surface area contributed by atoms with Crippen LogP contribution in [0.3, 0.4) is 0 Å². The Morgan fingerprint density at radius 1 is 1.34 bits per heavy atom. The van der Waals surface area contributed by atoms with Crippen LogP contribution in [-0.4, -0.2) is 33.7 Å². The van der Waals surface area contributed by atoms with Crippen LogP contribution in [0.25, 0.3) is 0 Å². The number of rotatable bonds is 8. The lowest BCUT2D eigenvalue weighted by atomic mass is 9.95. The first-order valence-electron chi connectivity index (χ1n) is 9.75. The number of hydrogen-bond acceptors (Lipinski definition) is 7. The van der Waals surface area contributed by atoms with Gasteiger partial charge in [-0.05, 0) is 46.8 Å². The van der Waals surface area contributed by atoms with Crippen LogP contribution in [0.1, 0.15) is 42.5 Å². The SMILES string of the molecule is Cc1cc(OCC(=O)NN2C(=O)C(Cl)C2c2cccc([N+](=O)[O-])c2)c(C(C)C)cc1N=O. The zero-order valence-electron chi connectivity index (χ0n) is 17.6. The molecule has 0 bridgehead atoms. The van der Waals surface area contributed by atoms with Gasteiger partial charge >= 0.3 is 0 Å². The highest BCUT2D eigenvalue weighted by Crippen LogP contribution is 2.38. The molecular weight excluding hydrogens is 440 g/mol. The first-order valence-corrected chi connectivity index (χ1v) is 10.2. The fourth-order valence-corrected chi connectivity index (χ4v) is 3.75.